The zero-order chi connectivity index (χ0) is 93.1. The number of benzene rings is 7. The average molecular weight is 1880 g/mol. The van der Waals surface area contributed by atoms with Gasteiger partial charge in [-0.15, -0.1) is 0 Å². The maximum atomic E-state index is 13.1. The molecule has 0 aliphatic carbocycles. The van der Waals surface area contributed by atoms with E-state index in [2.05, 4.69) is 173 Å². The second-order valence-electron chi connectivity index (χ2n) is 31.8. The molecule has 4 aliphatic rings. The van der Waals surface area contributed by atoms with Crippen molar-refractivity contribution in [1.29, 1.82) is 0 Å². The maximum absolute atomic E-state index is 13.1. The minimum absolute atomic E-state index is 0.0999. The fraction of sp³-hybridized carbons (Fsp3) is 0.250. The summed E-state index contributed by atoms with van der Waals surface area (Å²) in [6.07, 6.45) is 2.06. The van der Waals surface area contributed by atoms with Crippen molar-refractivity contribution >= 4 is 125 Å². The van der Waals surface area contributed by atoms with Crippen LogP contribution in [0.3, 0.4) is 0 Å². The number of hydrogen-bond donors (Lipinski definition) is 12. The quantitative estimate of drug-likeness (QED) is 0.0235. The third-order valence-electron chi connectivity index (χ3n) is 22.5. The summed E-state index contributed by atoms with van der Waals surface area (Å²) in [5.41, 5.74) is 16.4. The van der Waals surface area contributed by atoms with Crippen LogP contribution in [0, 0.1) is 12.7 Å². The van der Waals surface area contributed by atoms with Crippen LogP contribution >= 0.6 is 23.2 Å². The van der Waals surface area contributed by atoms with E-state index in [1.165, 1.54) is 72.9 Å². The Kier molecular flexibility index (Phi) is 27.7. The predicted molar refractivity (Wildman–Crippen MR) is 496 cm³/mol. The zero-order valence-corrected chi connectivity index (χ0v) is 74.0. The maximum Gasteiger partial charge on any atom is 0.417 e. The number of aryl methyl sites for hydroxylation is 1. The molecule has 4 amide bonds. The van der Waals surface area contributed by atoms with Crippen LogP contribution in [0.15, 0.2) is 177 Å². The Hall–Kier alpha value is -14.8. The van der Waals surface area contributed by atoms with Crippen LogP contribution in [0.5, 0.6) is 11.6 Å². The molecular formula is C92H87Cl2F4N27O10. The summed E-state index contributed by atoms with van der Waals surface area (Å²) in [5.74, 6) is 0.551. The Bertz CT molecular complexity index is 7110. The number of morpholine rings is 4. The first kappa shape index (κ1) is 90.7. The van der Waals surface area contributed by atoms with Gasteiger partial charge in [0.05, 0.1) is 185 Å². The molecule has 10 aromatic heterocycles. The van der Waals surface area contributed by atoms with E-state index < -0.39 is 29.6 Å². The van der Waals surface area contributed by atoms with E-state index >= 15 is 0 Å². The summed E-state index contributed by atoms with van der Waals surface area (Å²) in [7, 11) is 1.44. The van der Waals surface area contributed by atoms with E-state index in [0.717, 1.165) is 199 Å². The molecule has 43 heteroatoms. The predicted octanol–water partition coefficient (Wildman–Crippen LogP) is 14.6. The molecule has 0 saturated carbocycles. The Morgan fingerprint density at radius 3 is 1.21 bits per heavy atom. The number of rotatable bonds is 21. The van der Waals surface area contributed by atoms with E-state index in [1.54, 1.807) is 19.2 Å². The smallest absolute Gasteiger partial charge is 0.417 e. The number of methoxy groups -OCH3 is 1. The third kappa shape index (κ3) is 22.1. The van der Waals surface area contributed by atoms with Crippen molar-refractivity contribution in [2.24, 2.45) is 0 Å². The molecule has 135 heavy (non-hydrogen) atoms. The van der Waals surface area contributed by atoms with Gasteiger partial charge in [0.25, 0.3) is 17.7 Å². The van der Waals surface area contributed by atoms with Gasteiger partial charge in [0.2, 0.25) is 5.88 Å². The Morgan fingerprint density at radius 1 is 0.430 bits per heavy atom. The number of nitrogens with zero attached hydrogens (tertiary/aromatic N) is 15. The number of alkyl halides is 3. The number of para-hydroxylation sites is 2. The number of carbonyl (C=O) groups excluding carboxylic acids is 4. The lowest BCUT2D eigenvalue weighted by Crippen LogP contribution is -2.35. The molecule has 21 rings (SSSR count). The highest BCUT2D eigenvalue weighted by Gasteiger charge is 2.33. The summed E-state index contributed by atoms with van der Waals surface area (Å²) >= 11 is 12.0. The van der Waals surface area contributed by atoms with Gasteiger partial charge in [-0.2, -0.15) is 33.6 Å². The minimum Gasteiger partial charge on any atom is -0.480 e. The van der Waals surface area contributed by atoms with Gasteiger partial charge in [-0.1, -0.05) is 59.6 Å². The average Bonchev–Trinajstić information content (AvgIpc) is 1.66. The number of fused-ring (bicyclic) bond motifs is 5. The molecule has 4 saturated heterocycles. The van der Waals surface area contributed by atoms with Crippen molar-refractivity contribution in [2.45, 2.75) is 39.3 Å². The number of nitrogens with one attached hydrogen (secondary N) is 12. The highest BCUT2D eigenvalue weighted by atomic mass is 35.5. The zero-order valence-electron chi connectivity index (χ0n) is 72.4. The van der Waals surface area contributed by atoms with E-state index in [4.69, 9.17) is 51.6 Å². The van der Waals surface area contributed by atoms with Crippen LogP contribution in [0.1, 0.15) is 64.6 Å². The number of hydrogen-bond acceptors (Lipinski definition) is 25. The number of pyridine rings is 1. The Balaban J connectivity index is 0.000000120. The monoisotopic (exact) mass is 1880 g/mol. The van der Waals surface area contributed by atoms with E-state index in [0.29, 0.717) is 85.8 Å². The van der Waals surface area contributed by atoms with Gasteiger partial charge < -0.3 is 64.3 Å². The molecule has 4 fully saturated rings. The van der Waals surface area contributed by atoms with Crippen LogP contribution < -0.4 is 30.7 Å². The van der Waals surface area contributed by atoms with Crippen LogP contribution in [0.2, 0.25) is 10.2 Å². The number of carbonyl (C=O) groups is 4. The number of H-pyrrole nitrogens is 8. The highest BCUT2D eigenvalue weighted by molar-refractivity contribution is 6.34. The van der Waals surface area contributed by atoms with Gasteiger partial charge in [0.15, 0.2) is 23.3 Å². The van der Waals surface area contributed by atoms with E-state index in [9.17, 15) is 36.7 Å². The van der Waals surface area contributed by atoms with Crippen LogP contribution in [-0.2, 0) is 51.3 Å². The molecule has 0 spiro atoms. The molecule has 37 nitrogen and oxygen atoms in total. The number of anilines is 4. The summed E-state index contributed by atoms with van der Waals surface area (Å²) < 4.78 is 84.3. The van der Waals surface area contributed by atoms with Gasteiger partial charge in [0.1, 0.15) is 50.8 Å². The van der Waals surface area contributed by atoms with Crippen molar-refractivity contribution in [3.63, 3.8) is 0 Å². The minimum atomic E-state index is -4.60. The lowest BCUT2D eigenvalue weighted by molar-refractivity contribution is -0.137. The molecule has 7 aromatic carbocycles. The largest absolute Gasteiger partial charge is 0.480 e. The molecule has 14 heterocycles. The number of halogens is 6. The van der Waals surface area contributed by atoms with Crippen LogP contribution in [0.25, 0.3) is 101 Å². The first-order valence-corrected chi connectivity index (χ1v) is 43.7. The van der Waals surface area contributed by atoms with E-state index in [-0.39, 0.29) is 50.6 Å². The topological polar surface area (TPSA) is 453 Å². The second kappa shape index (κ2) is 41.1. The van der Waals surface area contributed by atoms with E-state index in [1.807, 2.05) is 60.7 Å². The fourth-order valence-corrected chi connectivity index (χ4v) is 16.1. The van der Waals surface area contributed by atoms with Crippen LogP contribution in [0.4, 0.5) is 45.1 Å². The number of imidazole rings is 4. The molecule has 0 unspecified atom stereocenters. The summed E-state index contributed by atoms with van der Waals surface area (Å²) in [5, 5.41) is 38.8. The second-order valence-corrected chi connectivity index (χ2v) is 32.6. The van der Waals surface area contributed by atoms with Crippen molar-refractivity contribution in [2.75, 3.05) is 134 Å². The molecule has 17 aromatic rings. The molecule has 0 atom stereocenters. The first-order valence-electron chi connectivity index (χ1n) is 42.9. The van der Waals surface area contributed by atoms with Crippen molar-refractivity contribution in [3.05, 3.63) is 243 Å². The van der Waals surface area contributed by atoms with Gasteiger partial charge >= 0.3 is 12.3 Å². The highest BCUT2D eigenvalue weighted by Crippen LogP contribution is 2.37. The van der Waals surface area contributed by atoms with Crippen LogP contribution in [-0.4, -0.2) is 251 Å². The Labute approximate surface area is 774 Å². The SMILES string of the molecule is COc1nc(Cl)cc(C)c1C(=O)Nc1cn[nH]c1-c1nc2ccc(CN3CCOCC3)cc2[nH]1.O=C(Nc1cn[nH]c1-c1nc2ccc(CN3CCOCC3)cc2[nH]1)Oc1ccc(F)cc1.O=C(Nc1cn[nH]c1-c1nc2ccc(CN3CCOCC3)cc2[nH]1)c1cc(C(F)(F)F)ccc1Cl.O=C(Nc1cn[nH]c1-c1nc2ccc(CN3CCOCC3)cc2[nH]1)c1cnc2ccccc2n1. The molecule has 0 radical (unpaired) electrons. The first-order chi connectivity index (χ1) is 65.6. The molecule has 4 aliphatic heterocycles. The number of ether oxygens (including phenoxy) is 6. The third-order valence-corrected chi connectivity index (χ3v) is 23.1. The molecule has 692 valence electrons. The van der Waals surface area contributed by atoms with Gasteiger partial charge in [-0.3, -0.25) is 64.7 Å². The number of amides is 4. The van der Waals surface area contributed by atoms with Gasteiger partial charge in [-0.05, 0) is 144 Å². The Morgan fingerprint density at radius 2 is 0.815 bits per heavy atom. The summed E-state index contributed by atoms with van der Waals surface area (Å²) in [6.45, 7) is 18.5. The molecule has 0 bridgehead atoms. The fourth-order valence-electron chi connectivity index (χ4n) is 15.7. The lowest BCUT2D eigenvalue weighted by atomic mass is 10.1. The summed E-state index contributed by atoms with van der Waals surface area (Å²) in [4.78, 5) is 105. The van der Waals surface area contributed by atoms with Gasteiger partial charge in [-0.25, -0.2) is 39.1 Å². The van der Waals surface area contributed by atoms with Crippen molar-refractivity contribution < 1.29 is 65.2 Å². The number of aromatic amines is 8. The van der Waals surface area contributed by atoms with Crippen molar-refractivity contribution in [3.8, 4) is 57.7 Å². The molecule has 12 N–H and O–H groups in total. The van der Waals surface area contributed by atoms with Crippen molar-refractivity contribution in [1.82, 2.24) is 115 Å². The molecular weight excluding hydrogens is 1790 g/mol. The summed E-state index contributed by atoms with van der Waals surface area (Å²) in [6, 6.07) is 41.2. The standard InChI is InChI=1S/C24H22N8O2.C23H20ClF3N6O2.C23H24ClN7O3.C22H21FN6O3/c33-24(21-12-25-16-3-1-2-4-17(16)27-21)30-20-13-26-31-22(20)23-28-18-6-5-15(11-19(18)29-23)14-32-7-9-34-10-8-32;24-16-3-2-14(23(25,26)27)10-15(16)22(34)31-19-11-28-32-20(19)21-29-17-4-1-13(9-18(17)30-21)12-33-5-7-35-8-6-33;1-13-9-18(24)29-23(33-2)19(13)22(32)28-17-11-25-30-20(17)21-26-15-4-3-14(10-16(15)27-21)12-31-5-7-34-8-6-31;23-15-2-4-16(5-3-15)32-22(30)27-19-12-24-28-20(19)21-25-17-6-1-14(11-18(17)26-21)13-29-7-9-31-10-8-29/h1-6,11-13H,7-10,14H2,(H,26,31)(H,28,29)(H,30,33);1-4,9-11H,5-8,12H2,(H,28,32)(H,29,30)(H,31,34);3-4,9-11H,5-8,12H2,1-2H3,(H,25,30)(H,26,27)(H,28,32);1-6,11-12H,7-10,13H2,(H,24,28)(H,25,26)(H,27,30). The lowest BCUT2D eigenvalue weighted by Gasteiger charge is -2.26. The normalized spacial score (nSPS) is 14.6. The van der Waals surface area contributed by atoms with Gasteiger partial charge in [0, 0.05) is 78.5 Å². The number of aromatic nitrogens is 19.